The van der Waals surface area contributed by atoms with Crippen molar-refractivity contribution in [2.45, 2.75) is 39.2 Å². The molecule has 0 aliphatic carbocycles. The molecule has 1 amide bonds. The van der Waals surface area contributed by atoms with Crippen LogP contribution >= 0.6 is 12.2 Å². The molecule has 0 heterocycles. The van der Waals surface area contributed by atoms with Gasteiger partial charge in [0.2, 0.25) is 5.91 Å². The third-order valence-electron chi connectivity index (χ3n) is 2.36. The van der Waals surface area contributed by atoms with Gasteiger partial charge in [0.15, 0.2) is 0 Å². The lowest BCUT2D eigenvalue weighted by Crippen LogP contribution is -2.37. The number of thiocarbonyl (C=S) groups is 1. The van der Waals surface area contributed by atoms with Gasteiger partial charge in [0, 0.05) is 26.1 Å². The Morgan fingerprint density at radius 2 is 2.12 bits per heavy atom. The summed E-state index contributed by atoms with van der Waals surface area (Å²) in [5.41, 5.74) is 5.44. The van der Waals surface area contributed by atoms with Crippen molar-refractivity contribution < 1.29 is 9.53 Å². The highest BCUT2D eigenvalue weighted by Gasteiger charge is 2.15. The first-order valence-corrected chi connectivity index (χ1v) is 6.01. The van der Waals surface area contributed by atoms with Gasteiger partial charge in [-0.05, 0) is 13.3 Å². The molecule has 0 bridgehead atoms. The Bertz CT molecular complexity index is 234. The molecule has 94 valence electrons. The van der Waals surface area contributed by atoms with Crippen molar-refractivity contribution in [3.8, 4) is 0 Å². The van der Waals surface area contributed by atoms with E-state index in [4.69, 9.17) is 22.7 Å². The molecule has 2 N–H and O–H groups in total. The first-order valence-electron chi connectivity index (χ1n) is 5.60. The van der Waals surface area contributed by atoms with Crippen LogP contribution in [0.25, 0.3) is 0 Å². The summed E-state index contributed by atoms with van der Waals surface area (Å²) >= 11 is 4.81. The zero-order valence-corrected chi connectivity index (χ0v) is 11.2. The second-order valence-corrected chi connectivity index (χ2v) is 4.41. The Morgan fingerprint density at radius 3 is 2.62 bits per heavy atom. The molecule has 0 aromatic carbocycles. The SMILES string of the molecule is CCCOCCC(=O)N(C)C(C)CC(N)=S. The monoisotopic (exact) mass is 246 g/mol. The molecule has 16 heavy (non-hydrogen) atoms. The van der Waals surface area contributed by atoms with E-state index < -0.39 is 0 Å². The number of carbonyl (C=O) groups is 1. The van der Waals surface area contributed by atoms with E-state index in [2.05, 4.69) is 0 Å². The fourth-order valence-corrected chi connectivity index (χ4v) is 1.50. The summed E-state index contributed by atoms with van der Waals surface area (Å²) in [6.45, 7) is 5.17. The third-order valence-corrected chi connectivity index (χ3v) is 2.53. The van der Waals surface area contributed by atoms with Crippen LogP contribution in [-0.2, 0) is 9.53 Å². The minimum absolute atomic E-state index is 0.0520. The van der Waals surface area contributed by atoms with E-state index >= 15 is 0 Å². The van der Waals surface area contributed by atoms with Crippen LogP contribution in [0.2, 0.25) is 0 Å². The van der Waals surface area contributed by atoms with Gasteiger partial charge in [-0.2, -0.15) is 0 Å². The van der Waals surface area contributed by atoms with E-state index in [9.17, 15) is 4.79 Å². The zero-order valence-electron chi connectivity index (χ0n) is 10.4. The van der Waals surface area contributed by atoms with Crippen molar-refractivity contribution in [3.63, 3.8) is 0 Å². The number of amides is 1. The Hall–Kier alpha value is -0.680. The standard InChI is InChI=1S/C11H22N2O2S/c1-4-6-15-7-5-11(14)13(3)9(2)8-10(12)16/h9H,4-8H2,1-3H3,(H2,12,16). The van der Waals surface area contributed by atoms with Gasteiger partial charge >= 0.3 is 0 Å². The maximum absolute atomic E-state index is 11.7. The van der Waals surface area contributed by atoms with Crippen LogP contribution in [0.1, 0.15) is 33.1 Å². The second-order valence-electron chi connectivity index (χ2n) is 3.89. The Kier molecular flexibility index (Phi) is 8.11. The van der Waals surface area contributed by atoms with Crippen LogP contribution in [0.5, 0.6) is 0 Å². The van der Waals surface area contributed by atoms with Crippen molar-refractivity contribution in [1.29, 1.82) is 0 Å². The van der Waals surface area contributed by atoms with Crippen molar-refractivity contribution >= 4 is 23.1 Å². The van der Waals surface area contributed by atoms with Gasteiger partial charge in [-0.3, -0.25) is 4.79 Å². The Labute approximate surface area is 103 Å². The molecule has 0 fully saturated rings. The highest BCUT2D eigenvalue weighted by atomic mass is 32.1. The molecule has 5 heteroatoms. The van der Waals surface area contributed by atoms with Gasteiger partial charge in [0.1, 0.15) is 0 Å². The van der Waals surface area contributed by atoms with Crippen LogP contribution in [0.15, 0.2) is 0 Å². The summed E-state index contributed by atoms with van der Waals surface area (Å²) in [6, 6.07) is 0.0520. The first kappa shape index (κ1) is 15.3. The van der Waals surface area contributed by atoms with Crippen molar-refractivity contribution in [2.24, 2.45) is 5.73 Å². The molecule has 0 saturated heterocycles. The maximum atomic E-state index is 11.7. The molecule has 0 rings (SSSR count). The Balaban J connectivity index is 3.84. The number of rotatable bonds is 8. The molecule has 0 aromatic rings. The van der Waals surface area contributed by atoms with Crippen LogP contribution in [0, 0.1) is 0 Å². The smallest absolute Gasteiger partial charge is 0.224 e. The molecular weight excluding hydrogens is 224 g/mol. The molecule has 1 atom stereocenters. The lowest BCUT2D eigenvalue weighted by atomic mass is 10.2. The summed E-state index contributed by atoms with van der Waals surface area (Å²) in [5.74, 6) is 0.0693. The minimum Gasteiger partial charge on any atom is -0.393 e. The third kappa shape index (κ3) is 6.74. The molecule has 0 saturated carbocycles. The summed E-state index contributed by atoms with van der Waals surface area (Å²) in [4.78, 5) is 13.8. The van der Waals surface area contributed by atoms with Crippen molar-refractivity contribution in [3.05, 3.63) is 0 Å². The van der Waals surface area contributed by atoms with E-state index in [0.717, 1.165) is 6.42 Å². The average Bonchev–Trinajstić information content (AvgIpc) is 2.22. The summed E-state index contributed by atoms with van der Waals surface area (Å²) < 4.78 is 5.27. The highest BCUT2D eigenvalue weighted by Crippen LogP contribution is 2.03. The fraction of sp³-hybridized carbons (Fsp3) is 0.818. The topological polar surface area (TPSA) is 55.6 Å². The van der Waals surface area contributed by atoms with Gasteiger partial charge in [0.25, 0.3) is 0 Å². The van der Waals surface area contributed by atoms with E-state index in [0.29, 0.717) is 31.0 Å². The summed E-state index contributed by atoms with van der Waals surface area (Å²) in [7, 11) is 1.77. The van der Waals surface area contributed by atoms with Crippen LogP contribution in [-0.4, -0.2) is 42.1 Å². The molecule has 0 aromatic heterocycles. The second kappa shape index (κ2) is 8.47. The molecule has 0 spiro atoms. The molecule has 1 unspecified atom stereocenters. The minimum atomic E-state index is 0.0520. The van der Waals surface area contributed by atoms with Crippen LogP contribution in [0.4, 0.5) is 0 Å². The number of nitrogens with zero attached hydrogens (tertiary/aromatic N) is 1. The molecule has 0 radical (unpaired) electrons. The molecule has 0 aliphatic heterocycles. The van der Waals surface area contributed by atoms with Crippen molar-refractivity contribution in [2.75, 3.05) is 20.3 Å². The van der Waals surface area contributed by atoms with Gasteiger partial charge in [-0.15, -0.1) is 0 Å². The van der Waals surface area contributed by atoms with Crippen LogP contribution < -0.4 is 5.73 Å². The van der Waals surface area contributed by atoms with Crippen molar-refractivity contribution in [1.82, 2.24) is 4.90 Å². The van der Waals surface area contributed by atoms with E-state index in [1.54, 1.807) is 11.9 Å². The van der Waals surface area contributed by atoms with E-state index in [1.165, 1.54) is 0 Å². The Morgan fingerprint density at radius 1 is 1.50 bits per heavy atom. The van der Waals surface area contributed by atoms with Gasteiger partial charge in [0.05, 0.1) is 18.0 Å². The van der Waals surface area contributed by atoms with E-state index in [-0.39, 0.29) is 11.9 Å². The lowest BCUT2D eigenvalue weighted by molar-refractivity contribution is -0.132. The first-order chi connectivity index (χ1) is 7.49. The predicted octanol–water partition coefficient (Wildman–Crippen LogP) is 1.33. The fourth-order valence-electron chi connectivity index (χ4n) is 1.26. The molecular formula is C11H22N2O2S. The summed E-state index contributed by atoms with van der Waals surface area (Å²) in [6.07, 6.45) is 1.95. The number of hydrogen-bond acceptors (Lipinski definition) is 3. The summed E-state index contributed by atoms with van der Waals surface area (Å²) in [5, 5.41) is 0. The predicted molar refractivity (Wildman–Crippen MR) is 69.4 cm³/mol. The van der Waals surface area contributed by atoms with Crippen LogP contribution in [0.3, 0.4) is 0 Å². The maximum Gasteiger partial charge on any atom is 0.224 e. The average molecular weight is 246 g/mol. The van der Waals surface area contributed by atoms with Gasteiger partial charge < -0.3 is 15.4 Å². The van der Waals surface area contributed by atoms with Gasteiger partial charge in [-0.1, -0.05) is 19.1 Å². The van der Waals surface area contributed by atoms with E-state index in [1.807, 2.05) is 13.8 Å². The number of hydrogen-bond donors (Lipinski definition) is 1. The quantitative estimate of drug-likeness (QED) is 0.518. The lowest BCUT2D eigenvalue weighted by Gasteiger charge is -2.24. The number of ether oxygens (including phenoxy) is 1. The zero-order chi connectivity index (χ0) is 12.6. The van der Waals surface area contributed by atoms with Gasteiger partial charge in [-0.25, -0.2) is 0 Å². The molecule has 0 aliphatic rings. The highest BCUT2D eigenvalue weighted by molar-refractivity contribution is 7.80. The normalized spacial score (nSPS) is 12.2. The number of carbonyl (C=O) groups excluding carboxylic acids is 1. The largest absolute Gasteiger partial charge is 0.393 e. The number of nitrogens with two attached hydrogens (primary N) is 1. The molecule has 4 nitrogen and oxygen atoms in total.